The Bertz CT molecular complexity index is 1280. The van der Waals surface area contributed by atoms with Crippen LogP contribution in [0.3, 0.4) is 0 Å². The lowest BCUT2D eigenvalue weighted by Crippen LogP contribution is -2.08. The first-order valence-electron chi connectivity index (χ1n) is 10.4. The molecule has 4 rings (SSSR count). The lowest BCUT2D eigenvalue weighted by atomic mass is 9.99. The summed E-state index contributed by atoms with van der Waals surface area (Å²) in [6.45, 7) is 2.67. The fraction of sp³-hybridized carbons (Fsp3) is 0.192. The van der Waals surface area contributed by atoms with E-state index in [0.717, 1.165) is 41.8 Å². The second kappa shape index (κ2) is 8.85. The van der Waals surface area contributed by atoms with Gasteiger partial charge in [0.05, 0.1) is 28.2 Å². The number of carbonyl (C=O) groups is 1. The molecule has 0 atom stereocenters. The molecule has 0 saturated heterocycles. The number of benzene rings is 3. The maximum Gasteiger partial charge on any atom is 0.337 e. The Hall–Kier alpha value is -3.91. The monoisotopic (exact) mass is 409 g/mol. The van der Waals surface area contributed by atoms with Crippen LogP contribution < -0.4 is 0 Å². The molecule has 3 aromatic carbocycles. The summed E-state index contributed by atoms with van der Waals surface area (Å²) in [6.07, 6.45) is 2.84. The van der Waals surface area contributed by atoms with E-state index >= 15 is 0 Å². The van der Waals surface area contributed by atoms with E-state index in [9.17, 15) is 15.2 Å². The lowest BCUT2D eigenvalue weighted by Gasteiger charge is -2.12. The van der Waals surface area contributed by atoms with E-state index in [1.54, 1.807) is 12.1 Å². The van der Waals surface area contributed by atoms with E-state index in [1.165, 1.54) is 0 Å². The second-order valence-corrected chi connectivity index (χ2v) is 7.55. The van der Waals surface area contributed by atoms with Gasteiger partial charge in [-0.05, 0) is 41.3 Å². The fourth-order valence-corrected chi connectivity index (χ4v) is 3.91. The molecular formula is C26H23N3O2. The molecule has 1 N–H and O–H groups in total. The van der Waals surface area contributed by atoms with E-state index in [1.807, 2.05) is 59.2 Å². The molecule has 0 bridgehead atoms. The normalized spacial score (nSPS) is 10.8. The molecule has 0 amide bonds. The van der Waals surface area contributed by atoms with Crippen molar-refractivity contribution in [3.63, 3.8) is 0 Å². The van der Waals surface area contributed by atoms with Crippen molar-refractivity contribution in [2.45, 2.75) is 32.7 Å². The Morgan fingerprint density at radius 1 is 1.06 bits per heavy atom. The zero-order valence-electron chi connectivity index (χ0n) is 17.4. The largest absolute Gasteiger partial charge is 0.478 e. The van der Waals surface area contributed by atoms with Crippen LogP contribution in [0.5, 0.6) is 0 Å². The van der Waals surface area contributed by atoms with E-state index < -0.39 is 5.97 Å². The first-order chi connectivity index (χ1) is 15.1. The average molecular weight is 409 g/mol. The summed E-state index contributed by atoms with van der Waals surface area (Å²) in [5.74, 6) is -0.0401. The van der Waals surface area contributed by atoms with Crippen molar-refractivity contribution in [2.24, 2.45) is 0 Å². The summed E-state index contributed by atoms with van der Waals surface area (Å²) in [7, 11) is 0. The van der Waals surface area contributed by atoms with Gasteiger partial charge in [0.2, 0.25) is 0 Å². The van der Waals surface area contributed by atoms with Crippen molar-refractivity contribution >= 4 is 17.0 Å². The smallest absolute Gasteiger partial charge is 0.337 e. The fourth-order valence-electron chi connectivity index (χ4n) is 3.91. The van der Waals surface area contributed by atoms with E-state index in [-0.39, 0.29) is 5.56 Å². The second-order valence-electron chi connectivity index (χ2n) is 7.55. The number of aromatic nitrogens is 2. The number of para-hydroxylation sites is 1. The van der Waals surface area contributed by atoms with Gasteiger partial charge in [0, 0.05) is 13.0 Å². The molecule has 31 heavy (non-hydrogen) atoms. The van der Waals surface area contributed by atoms with Crippen LogP contribution in [0.4, 0.5) is 0 Å². The highest BCUT2D eigenvalue weighted by Crippen LogP contribution is 2.26. The van der Waals surface area contributed by atoms with Gasteiger partial charge >= 0.3 is 5.97 Å². The number of aryl methyl sites for hydroxylation is 1. The summed E-state index contributed by atoms with van der Waals surface area (Å²) in [4.78, 5) is 16.6. The summed E-state index contributed by atoms with van der Waals surface area (Å²) < 4.78 is 2.03. The van der Waals surface area contributed by atoms with E-state index in [2.05, 4.69) is 13.0 Å². The van der Waals surface area contributed by atoms with Crippen LogP contribution in [0, 0.1) is 11.3 Å². The number of fused-ring (bicyclic) bond motifs is 1. The van der Waals surface area contributed by atoms with Crippen LogP contribution in [0.2, 0.25) is 0 Å². The highest BCUT2D eigenvalue weighted by molar-refractivity contribution is 6.01. The molecule has 4 aromatic rings. The molecule has 154 valence electrons. The molecule has 0 saturated carbocycles. The Morgan fingerprint density at radius 3 is 2.55 bits per heavy atom. The molecule has 0 radical (unpaired) electrons. The highest BCUT2D eigenvalue weighted by atomic mass is 16.4. The first kappa shape index (κ1) is 20.4. The number of nitriles is 1. The van der Waals surface area contributed by atoms with Gasteiger partial charge in [-0.15, -0.1) is 0 Å². The number of rotatable bonds is 7. The topological polar surface area (TPSA) is 78.9 Å². The molecule has 5 nitrogen and oxygen atoms in total. The van der Waals surface area contributed by atoms with Gasteiger partial charge in [-0.1, -0.05) is 61.9 Å². The SMILES string of the molecule is CCCCc1nc2cccc(C(=O)O)c2n1Cc1ccc(-c2ccccc2C#N)cc1. The Morgan fingerprint density at radius 2 is 1.84 bits per heavy atom. The molecule has 5 heteroatoms. The van der Waals surface area contributed by atoms with Crippen LogP contribution in [-0.2, 0) is 13.0 Å². The predicted molar refractivity (Wildman–Crippen MR) is 121 cm³/mol. The lowest BCUT2D eigenvalue weighted by molar-refractivity contribution is 0.0698. The maximum absolute atomic E-state index is 11.8. The Kier molecular flexibility index (Phi) is 5.81. The summed E-state index contributed by atoms with van der Waals surface area (Å²) >= 11 is 0. The van der Waals surface area contributed by atoms with Crippen LogP contribution in [0.15, 0.2) is 66.7 Å². The van der Waals surface area contributed by atoms with Crippen LogP contribution >= 0.6 is 0 Å². The number of hydrogen-bond donors (Lipinski definition) is 1. The summed E-state index contributed by atoms with van der Waals surface area (Å²) in [5.41, 5.74) is 5.23. The third kappa shape index (κ3) is 4.06. The Labute approximate surface area is 181 Å². The average Bonchev–Trinajstić information content (AvgIpc) is 3.15. The van der Waals surface area contributed by atoms with Crippen LogP contribution in [-0.4, -0.2) is 20.6 Å². The molecule has 0 aliphatic carbocycles. The van der Waals surface area contributed by atoms with E-state index in [4.69, 9.17) is 4.98 Å². The molecule has 0 fully saturated rings. The van der Waals surface area contributed by atoms with Gasteiger partial charge in [0.15, 0.2) is 0 Å². The molecule has 0 spiro atoms. The molecule has 0 unspecified atom stereocenters. The van der Waals surface area contributed by atoms with Gasteiger partial charge in [-0.25, -0.2) is 9.78 Å². The third-order valence-electron chi connectivity index (χ3n) is 5.48. The van der Waals surface area contributed by atoms with Gasteiger partial charge in [-0.2, -0.15) is 5.26 Å². The number of unbranched alkanes of at least 4 members (excludes halogenated alkanes) is 1. The molecular weight excluding hydrogens is 386 g/mol. The number of carboxylic acids is 1. The summed E-state index contributed by atoms with van der Waals surface area (Å²) in [6, 6.07) is 23.1. The van der Waals surface area contributed by atoms with Crippen molar-refractivity contribution in [3.8, 4) is 17.2 Å². The van der Waals surface area contributed by atoms with Crippen LogP contribution in [0.25, 0.3) is 22.2 Å². The van der Waals surface area contributed by atoms with Crippen molar-refractivity contribution in [1.82, 2.24) is 9.55 Å². The molecule has 1 aromatic heterocycles. The van der Waals surface area contributed by atoms with E-state index in [0.29, 0.717) is 23.1 Å². The molecule has 0 aliphatic rings. The highest BCUT2D eigenvalue weighted by Gasteiger charge is 2.18. The number of imidazole rings is 1. The molecule has 0 aliphatic heterocycles. The van der Waals surface area contributed by atoms with Crippen molar-refractivity contribution in [1.29, 1.82) is 5.26 Å². The quantitative estimate of drug-likeness (QED) is 0.427. The Balaban J connectivity index is 1.74. The van der Waals surface area contributed by atoms with Crippen LogP contribution in [0.1, 0.15) is 47.1 Å². The number of carboxylic acid groups (broad SMARTS) is 1. The van der Waals surface area contributed by atoms with Gasteiger partial charge in [0.25, 0.3) is 0 Å². The minimum atomic E-state index is -0.947. The number of hydrogen-bond acceptors (Lipinski definition) is 3. The van der Waals surface area contributed by atoms with Gasteiger partial charge in [0.1, 0.15) is 5.82 Å². The van der Waals surface area contributed by atoms with Crippen molar-refractivity contribution in [2.75, 3.05) is 0 Å². The zero-order chi connectivity index (χ0) is 21.8. The number of aromatic carboxylic acids is 1. The van der Waals surface area contributed by atoms with Gasteiger partial charge < -0.3 is 9.67 Å². The van der Waals surface area contributed by atoms with Crippen molar-refractivity contribution in [3.05, 3.63) is 89.2 Å². The minimum Gasteiger partial charge on any atom is -0.478 e. The zero-order valence-corrected chi connectivity index (χ0v) is 17.4. The van der Waals surface area contributed by atoms with Crippen molar-refractivity contribution < 1.29 is 9.90 Å². The standard InChI is InChI=1S/C26H23N3O2/c1-2-3-11-24-28-23-10-6-9-22(26(30)31)25(23)29(24)17-18-12-14-19(15-13-18)21-8-5-4-7-20(21)16-27/h4-10,12-15H,2-3,11,17H2,1H3,(H,30,31). The first-order valence-corrected chi connectivity index (χ1v) is 10.4. The summed E-state index contributed by atoms with van der Waals surface area (Å²) in [5, 5.41) is 19.1. The minimum absolute atomic E-state index is 0.271. The number of nitrogens with zero attached hydrogens (tertiary/aromatic N) is 3. The maximum atomic E-state index is 11.8. The third-order valence-corrected chi connectivity index (χ3v) is 5.48. The molecule has 1 heterocycles. The predicted octanol–water partition coefficient (Wildman–Crippen LogP) is 5.66. The van der Waals surface area contributed by atoms with Gasteiger partial charge in [-0.3, -0.25) is 0 Å².